The Labute approximate surface area is 245 Å². The van der Waals surface area contributed by atoms with E-state index in [2.05, 4.69) is 29.2 Å². The van der Waals surface area contributed by atoms with Crippen LogP contribution in [0.5, 0.6) is 23.0 Å². The summed E-state index contributed by atoms with van der Waals surface area (Å²) in [5.74, 6) is -0.703. The maximum Gasteiger partial charge on any atom is 0.343 e. The van der Waals surface area contributed by atoms with Crippen molar-refractivity contribution in [3.05, 3.63) is 96.1 Å². The highest BCUT2D eigenvalue weighted by Crippen LogP contribution is 2.29. The number of aromatic hydroxyl groups is 1. The van der Waals surface area contributed by atoms with Crippen LogP contribution in [0.1, 0.15) is 47.1 Å². The molecule has 0 fully saturated rings. The van der Waals surface area contributed by atoms with Crippen molar-refractivity contribution in [2.45, 2.75) is 43.3 Å². The maximum atomic E-state index is 12.7. The zero-order valence-corrected chi connectivity index (χ0v) is 24.5. The van der Waals surface area contributed by atoms with Gasteiger partial charge in [-0.1, -0.05) is 29.2 Å². The lowest BCUT2D eigenvalue weighted by Crippen LogP contribution is -2.44. The molecule has 0 amide bonds. The van der Waals surface area contributed by atoms with Gasteiger partial charge in [0.2, 0.25) is 0 Å². The fourth-order valence-corrected chi connectivity index (χ4v) is 3.72. The van der Waals surface area contributed by atoms with Crippen LogP contribution in [0.15, 0.2) is 79.4 Å². The van der Waals surface area contributed by atoms with E-state index in [9.17, 15) is 19.5 Å². The average molecular weight is 660 g/mol. The van der Waals surface area contributed by atoms with Crippen LogP contribution < -0.4 is 14.4 Å². The third-order valence-electron chi connectivity index (χ3n) is 5.66. The minimum Gasteiger partial charge on any atom is -0.508 e. The molecular weight excluding hydrogens is 631 g/mol. The summed E-state index contributed by atoms with van der Waals surface area (Å²) in [5.41, 5.74) is 0.325. The van der Waals surface area contributed by atoms with E-state index in [1.54, 1.807) is 45.9 Å². The van der Waals surface area contributed by atoms with E-state index in [1.807, 2.05) is 0 Å². The molecule has 0 heterocycles. The van der Waals surface area contributed by atoms with Gasteiger partial charge in [0.1, 0.15) is 29.0 Å². The van der Waals surface area contributed by atoms with Crippen LogP contribution in [-0.4, -0.2) is 38.6 Å². The largest absolute Gasteiger partial charge is 0.508 e. The van der Waals surface area contributed by atoms with Crippen molar-refractivity contribution < 1.29 is 43.5 Å². The number of halogens is 1. The second kappa shape index (κ2) is 13.4. The SMILES string of the molecule is C=CC(=O)OC(C)(C)C(I)C(C)OOc1ccc(C(=O)Oc2ccc(OC(=O)c3ccc(O)cc3)cc2C)cc1. The normalized spacial score (nSPS) is 12.5. The highest BCUT2D eigenvalue weighted by Gasteiger charge is 2.36. The van der Waals surface area contributed by atoms with Gasteiger partial charge < -0.3 is 24.2 Å². The van der Waals surface area contributed by atoms with Crippen molar-refractivity contribution in [1.82, 2.24) is 0 Å². The standard InChI is InChI=1S/C30H29IO9/c1-6-26(33)38-30(4,5)27(31)19(3)39-40-23-13-9-21(10-14-23)29(35)37-25-16-15-24(17-18(25)2)36-28(34)20-7-11-22(32)12-8-20/h6-17,19,27,32H,1H2,2-5H3. The number of benzene rings is 3. The Balaban J connectivity index is 1.55. The lowest BCUT2D eigenvalue weighted by atomic mass is 10.0. The molecule has 2 atom stereocenters. The van der Waals surface area contributed by atoms with Crippen LogP contribution in [0.4, 0.5) is 0 Å². The molecule has 210 valence electrons. The minimum absolute atomic E-state index is 0.0443. The van der Waals surface area contributed by atoms with Gasteiger partial charge in [-0.05, 0) is 100.0 Å². The van der Waals surface area contributed by atoms with Crippen LogP contribution in [0.3, 0.4) is 0 Å². The molecule has 0 aliphatic rings. The molecule has 0 aromatic heterocycles. The Morgan fingerprint density at radius 3 is 2.02 bits per heavy atom. The van der Waals surface area contributed by atoms with E-state index in [4.69, 9.17) is 24.0 Å². The molecule has 1 N–H and O–H groups in total. The van der Waals surface area contributed by atoms with E-state index < -0.39 is 29.6 Å². The molecule has 2 unspecified atom stereocenters. The molecule has 0 bridgehead atoms. The summed E-state index contributed by atoms with van der Waals surface area (Å²) >= 11 is 2.13. The number of phenolic OH excluding ortho intramolecular Hbond substituents is 1. The zero-order chi connectivity index (χ0) is 29.4. The minimum atomic E-state index is -0.826. The van der Waals surface area contributed by atoms with Crippen molar-refractivity contribution in [2.75, 3.05) is 0 Å². The highest BCUT2D eigenvalue weighted by molar-refractivity contribution is 14.1. The summed E-state index contributed by atoms with van der Waals surface area (Å²) in [6.45, 7) is 10.5. The van der Waals surface area contributed by atoms with Gasteiger partial charge in [-0.15, -0.1) is 0 Å². The molecule has 10 heteroatoms. The molecule has 0 saturated heterocycles. The summed E-state index contributed by atoms with van der Waals surface area (Å²) in [6, 6.07) is 16.5. The number of esters is 3. The summed E-state index contributed by atoms with van der Waals surface area (Å²) in [5, 5.41) is 9.36. The second-order valence-corrected chi connectivity index (χ2v) is 10.6. The van der Waals surface area contributed by atoms with Gasteiger partial charge in [-0.25, -0.2) is 14.4 Å². The second-order valence-electron chi connectivity index (χ2n) is 9.29. The van der Waals surface area contributed by atoms with Crippen molar-refractivity contribution >= 4 is 40.5 Å². The van der Waals surface area contributed by atoms with Crippen LogP contribution >= 0.6 is 22.6 Å². The quantitative estimate of drug-likeness (QED) is 0.0492. The van der Waals surface area contributed by atoms with Gasteiger partial charge in [0.05, 0.1) is 15.1 Å². The van der Waals surface area contributed by atoms with E-state index in [1.165, 1.54) is 48.5 Å². The van der Waals surface area contributed by atoms with Gasteiger partial charge >= 0.3 is 17.9 Å². The molecule has 3 rings (SSSR count). The number of rotatable bonds is 11. The van der Waals surface area contributed by atoms with Gasteiger partial charge in [0.25, 0.3) is 0 Å². The van der Waals surface area contributed by atoms with Crippen LogP contribution in [-0.2, 0) is 14.4 Å². The van der Waals surface area contributed by atoms with Crippen molar-refractivity contribution in [3.63, 3.8) is 0 Å². The zero-order valence-electron chi connectivity index (χ0n) is 22.4. The number of alkyl halides is 1. The first-order valence-corrected chi connectivity index (χ1v) is 13.4. The van der Waals surface area contributed by atoms with Gasteiger partial charge in [-0.2, -0.15) is 4.89 Å². The summed E-state index contributed by atoms with van der Waals surface area (Å²) in [6.07, 6.45) is 0.665. The number of hydrogen-bond acceptors (Lipinski definition) is 9. The fraction of sp³-hybridized carbons (Fsp3) is 0.233. The smallest absolute Gasteiger partial charge is 0.343 e. The molecule has 40 heavy (non-hydrogen) atoms. The average Bonchev–Trinajstić information content (AvgIpc) is 2.93. The number of ether oxygens (including phenoxy) is 3. The third kappa shape index (κ3) is 8.30. The van der Waals surface area contributed by atoms with E-state index in [0.29, 0.717) is 17.1 Å². The number of aryl methyl sites for hydroxylation is 1. The van der Waals surface area contributed by atoms with Gasteiger partial charge in [0.15, 0.2) is 5.75 Å². The molecular formula is C30H29IO9. The summed E-state index contributed by atoms with van der Waals surface area (Å²) < 4.78 is 16.0. The predicted octanol–water partition coefficient (Wildman–Crippen LogP) is 6.15. The first kappa shape index (κ1) is 30.6. The van der Waals surface area contributed by atoms with Crippen molar-refractivity contribution in [2.24, 2.45) is 0 Å². The van der Waals surface area contributed by atoms with Crippen LogP contribution in [0, 0.1) is 6.92 Å². The van der Waals surface area contributed by atoms with Crippen LogP contribution in [0.2, 0.25) is 0 Å². The molecule has 3 aromatic rings. The number of carbonyl (C=O) groups excluding carboxylic acids is 3. The Bertz CT molecular complexity index is 1360. The summed E-state index contributed by atoms with van der Waals surface area (Å²) in [4.78, 5) is 47.4. The van der Waals surface area contributed by atoms with E-state index in [0.717, 1.165) is 6.08 Å². The molecule has 0 saturated carbocycles. The molecule has 9 nitrogen and oxygen atoms in total. The first-order chi connectivity index (χ1) is 18.9. The Hall–Kier alpha value is -3.90. The lowest BCUT2D eigenvalue weighted by Gasteiger charge is -2.32. The maximum absolute atomic E-state index is 12.7. The van der Waals surface area contributed by atoms with E-state index in [-0.39, 0.29) is 26.6 Å². The van der Waals surface area contributed by atoms with E-state index >= 15 is 0 Å². The number of hydrogen-bond donors (Lipinski definition) is 1. The summed E-state index contributed by atoms with van der Waals surface area (Å²) in [7, 11) is 0. The molecule has 3 aromatic carbocycles. The number of carbonyl (C=O) groups is 3. The predicted molar refractivity (Wildman–Crippen MR) is 155 cm³/mol. The first-order valence-electron chi connectivity index (χ1n) is 12.2. The Kier molecular flexibility index (Phi) is 10.3. The topological polar surface area (TPSA) is 118 Å². The monoisotopic (exact) mass is 660 g/mol. The molecule has 0 spiro atoms. The lowest BCUT2D eigenvalue weighted by molar-refractivity contribution is -0.245. The van der Waals surface area contributed by atoms with Gasteiger partial charge in [0, 0.05) is 6.08 Å². The molecule has 0 radical (unpaired) electrons. The molecule has 0 aliphatic heterocycles. The van der Waals surface area contributed by atoms with Crippen molar-refractivity contribution in [3.8, 4) is 23.0 Å². The third-order valence-corrected chi connectivity index (χ3v) is 8.17. The number of phenols is 1. The van der Waals surface area contributed by atoms with Crippen LogP contribution in [0.25, 0.3) is 0 Å². The Morgan fingerprint density at radius 2 is 1.45 bits per heavy atom. The van der Waals surface area contributed by atoms with Crippen molar-refractivity contribution in [1.29, 1.82) is 0 Å². The highest BCUT2D eigenvalue weighted by atomic mass is 127. The Morgan fingerprint density at radius 1 is 0.900 bits per heavy atom. The van der Waals surface area contributed by atoms with Gasteiger partial charge in [-0.3, -0.25) is 0 Å². The molecule has 0 aliphatic carbocycles. The fourth-order valence-electron chi connectivity index (χ4n) is 3.47.